The molecule has 3 atom stereocenters. The van der Waals surface area contributed by atoms with E-state index in [0.717, 1.165) is 10.4 Å². The highest BCUT2D eigenvalue weighted by atomic mass is 28.4. The van der Waals surface area contributed by atoms with Gasteiger partial charge < -0.3 is 19.2 Å². The minimum atomic E-state index is -5.03. The summed E-state index contributed by atoms with van der Waals surface area (Å²) in [5.41, 5.74) is 0. The first-order valence-electron chi connectivity index (χ1n) is 11.7. The van der Waals surface area contributed by atoms with Gasteiger partial charge in [-0.15, -0.1) is 0 Å². The van der Waals surface area contributed by atoms with Gasteiger partial charge >= 0.3 is 12.1 Å². The molecule has 1 amide bonds. The van der Waals surface area contributed by atoms with Crippen molar-refractivity contribution in [3.63, 3.8) is 0 Å². The Morgan fingerprint density at radius 3 is 1.86 bits per heavy atom. The van der Waals surface area contributed by atoms with Gasteiger partial charge in [0.25, 0.3) is 8.32 Å². The van der Waals surface area contributed by atoms with Gasteiger partial charge in [-0.3, -0.25) is 4.79 Å². The smallest absolute Gasteiger partial charge is 0.405 e. The summed E-state index contributed by atoms with van der Waals surface area (Å²) in [6.45, 7) is 11.1. The van der Waals surface area contributed by atoms with Crippen LogP contribution in [0.25, 0.3) is 0 Å². The maximum absolute atomic E-state index is 13.2. The maximum Gasteiger partial charge on any atom is 0.471 e. The molecule has 1 heterocycles. The van der Waals surface area contributed by atoms with Crippen LogP contribution in [0.15, 0.2) is 60.7 Å². The average molecular weight is 510 g/mol. The van der Waals surface area contributed by atoms with Crippen LogP contribution in [-0.2, 0) is 18.7 Å². The number of amides is 1. The van der Waals surface area contributed by atoms with Crippen molar-refractivity contribution < 1.29 is 31.9 Å². The summed E-state index contributed by atoms with van der Waals surface area (Å²) in [5.74, 6) is -3.03. The third kappa shape index (κ3) is 5.96. The van der Waals surface area contributed by atoms with Crippen LogP contribution in [-0.4, -0.2) is 51.0 Å². The van der Waals surface area contributed by atoms with E-state index in [2.05, 4.69) is 26.1 Å². The number of ether oxygens (including phenoxy) is 2. The fourth-order valence-corrected chi connectivity index (χ4v) is 9.41. The summed E-state index contributed by atoms with van der Waals surface area (Å²) in [7, 11) is -3.05. The normalized spacial score (nSPS) is 21.5. The Labute approximate surface area is 206 Å². The standard InChI is InChI=1S/C26H34F3NO4Si/c1-18-22(34-25(5,6)33-18)21(30-23(31)26(27,28)29)17-32-35(24(2,3)4,19-13-9-7-10-14-19)20-15-11-8-12-16-20/h7-16,18,21-22H,17H2,1-6H3,(H,30,31)/t18-,21+,22-/m1/s1. The largest absolute Gasteiger partial charge is 0.471 e. The van der Waals surface area contributed by atoms with Gasteiger partial charge in [-0.05, 0) is 36.2 Å². The van der Waals surface area contributed by atoms with Gasteiger partial charge in [-0.2, -0.15) is 13.2 Å². The van der Waals surface area contributed by atoms with Crippen molar-refractivity contribution in [2.75, 3.05) is 6.61 Å². The molecule has 0 radical (unpaired) electrons. The van der Waals surface area contributed by atoms with Crippen molar-refractivity contribution in [2.45, 2.75) is 76.8 Å². The molecule has 0 aromatic heterocycles. The molecular weight excluding hydrogens is 475 g/mol. The van der Waals surface area contributed by atoms with E-state index in [1.165, 1.54) is 0 Å². The molecule has 5 nitrogen and oxygen atoms in total. The first-order valence-corrected chi connectivity index (χ1v) is 13.6. The molecule has 192 valence electrons. The highest BCUT2D eigenvalue weighted by Gasteiger charge is 2.52. The van der Waals surface area contributed by atoms with E-state index in [1.807, 2.05) is 60.7 Å². The number of carbonyl (C=O) groups excluding carboxylic acids is 1. The van der Waals surface area contributed by atoms with Crippen LogP contribution in [0.2, 0.25) is 5.04 Å². The van der Waals surface area contributed by atoms with E-state index >= 15 is 0 Å². The molecule has 35 heavy (non-hydrogen) atoms. The second-order valence-electron chi connectivity index (χ2n) is 10.4. The van der Waals surface area contributed by atoms with Gasteiger partial charge in [0.2, 0.25) is 0 Å². The van der Waals surface area contributed by atoms with Crippen LogP contribution >= 0.6 is 0 Å². The van der Waals surface area contributed by atoms with Crippen molar-refractivity contribution in [1.29, 1.82) is 0 Å². The lowest BCUT2D eigenvalue weighted by Crippen LogP contribution is -2.68. The number of carbonyl (C=O) groups is 1. The zero-order valence-electron chi connectivity index (χ0n) is 21.0. The SMILES string of the molecule is C[C@H]1OC(C)(C)O[C@H]1[C@H](CO[Si](c1ccccc1)(c1ccccc1)C(C)(C)C)NC(=O)C(F)(F)F. The Hall–Kier alpha value is -2.20. The van der Waals surface area contributed by atoms with Crippen molar-refractivity contribution in [2.24, 2.45) is 0 Å². The lowest BCUT2D eigenvalue weighted by atomic mass is 10.1. The van der Waals surface area contributed by atoms with Gasteiger partial charge in [0.05, 0.1) is 18.8 Å². The Morgan fingerprint density at radius 1 is 1.00 bits per heavy atom. The minimum absolute atomic E-state index is 0.177. The molecule has 3 rings (SSSR count). The van der Waals surface area contributed by atoms with E-state index in [1.54, 1.807) is 20.8 Å². The molecular formula is C26H34F3NO4Si. The monoisotopic (exact) mass is 509 g/mol. The fraction of sp³-hybridized carbons (Fsp3) is 0.500. The first-order chi connectivity index (χ1) is 16.2. The first kappa shape index (κ1) is 27.4. The number of hydrogen-bond acceptors (Lipinski definition) is 4. The zero-order valence-corrected chi connectivity index (χ0v) is 22.0. The number of halogens is 3. The van der Waals surface area contributed by atoms with Crippen molar-refractivity contribution in [1.82, 2.24) is 5.32 Å². The van der Waals surface area contributed by atoms with Crippen LogP contribution in [0.5, 0.6) is 0 Å². The topological polar surface area (TPSA) is 56.8 Å². The predicted octanol–water partition coefficient (Wildman–Crippen LogP) is 4.15. The van der Waals surface area contributed by atoms with E-state index in [9.17, 15) is 18.0 Å². The van der Waals surface area contributed by atoms with E-state index < -0.39 is 44.4 Å². The Morgan fingerprint density at radius 2 is 1.49 bits per heavy atom. The third-order valence-corrected chi connectivity index (χ3v) is 11.2. The molecule has 2 aromatic carbocycles. The molecule has 1 saturated heterocycles. The fourth-order valence-electron chi connectivity index (χ4n) is 4.82. The van der Waals surface area contributed by atoms with Crippen LogP contribution < -0.4 is 15.7 Å². The second kappa shape index (κ2) is 10.0. The summed E-state index contributed by atoms with van der Waals surface area (Å²) < 4.78 is 58.2. The molecule has 9 heteroatoms. The Bertz CT molecular complexity index is 954. The highest BCUT2D eigenvalue weighted by Crippen LogP contribution is 2.37. The van der Waals surface area contributed by atoms with E-state index in [0.29, 0.717) is 0 Å². The Kier molecular flexibility index (Phi) is 7.86. The molecule has 2 aromatic rings. The van der Waals surface area contributed by atoms with Crippen LogP contribution in [0, 0.1) is 0 Å². The minimum Gasteiger partial charge on any atom is -0.405 e. The molecule has 0 spiro atoms. The summed E-state index contributed by atoms with van der Waals surface area (Å²) in [4.78, 5) is 12.0. The van der Waals surface area contributed by atoms with Gasteiger partial charge in [0.15, 0.2) is 5.79 Å². The van der Waals surface area contributed by atoms with Gasteiger partial charge in [0.1, 0.15) is 6.10 Å². The maximum atomic E-state index is 13.2. The number of nitrogens with one attached hydrogen (secondary N) is 1. The van der Waals surface area contributed by atoms with Crippen molar-refractivity contribution in [3.8, 4) is 0 Å². The quantitative estimate of drug-likeness (QED) is 0.570. The Balaban J connectivity index is 2.05. The lowest BCUT2D eigenvalue weighted by Gasteiger charge is -2.44. The number of hydrogen-bond donors (Lipinski definition) is 1. The lowest BCUT2D eigenvalue weighted by molar-refractivity contribution is -0.177. The van der Waals surface area contributed by atoms with Crippen molar-refractivity contribution >= 4 is 24.6 Å². The summed E-state index contributed by atoms with van der Waals surface area (Å²) in [6, 6.07) is 18.4. The average Bonchev–Trinajstić information content (AvgIpc) is 3.05. The molecule has 0 bridgehead atoms. The van der Waals surface area contributed by atoms with Crippen LogP contribution in [0.1, 0.15) is 41.5 Å². The van der Waals surface area contributed by atoms with Gasteiger partial charge in [0, 0.05) is 0 Å². The number of benzene rings is 2. The second-order valence-corrected chi connectivity index (χ2v) is 14.7. The van der Waals surface area contributed by atoms with E-state index in [-0.39, 0.29) is 11.6 Å². The summed E-state index contributed by atoms with van der Waals surface area (Å²) >= 11 is 0. The molecule has 1 aliphatic heterocycles. The molecule has 1 N–H and O–H groups in total. The predicted molar refractivity (Wildman–Crippen MR) is 131 cm³/mol. The number of rotatable bonds is 7. The highest BCUT2D eigenvalue weighted by molar-refractivity contribution is 6.99. The van der Waals surface area contributed by atoms with Crippen molar-refractivity contribution in [3.05, 3.63) is 60.7 Å². The molecule has 0 saturated carbocycles. The third-order valence-electron chi connectivity index (χ3n) is 6.22. The zero-order chi connectivity index (χ0) is 26.1. The van der Waals surface area contributed by atoms with Gasteiger partial charge in [-0.1, -0.05) is 81.4 Å². The molecule has 1 fully saturated rings. The summed E-state index contributed by atoms with van der Waals surface area (Å²) in [5, 5.41) is 3.71. The summed E-state index contributed by atoms with van der Waals surface area (Å²) in [6.07, 6.45) is -6.41. The van der Waals surface area contributed by atoms with E-state index in [4.69, 9.17) is 13.9 Å². The number of alkyl halides is 3. The van der Waals surface area contributed by atoms with Gasteiger partial charge in [-0.25, -0.2) is 0 Å². The molecule has 0 unspecified atom stereocenters. The van der Waals surface area contributed by atoms with Crippen LogP contribution in [0.3, 0.4) is 0 Å². The molecule has 1 aliphatic rings. The molecule has 0 aliphatic carbocycles. The van der Waals surface area contributed by atoms with Crippen LogP contribution in [0.4, 0.5) is 13.2 Å².